The number of hydrogen-bond donors (Lipinski definition) is 0. The van der Waals surface area contributed by atoms with E-state index in [0.717, 1.165) is 4.47 Å². The summed E-state index contributed by atoms with van der Waals surface area (Å²) in [5.41, 5.74) is 0.845. The number of nitrogens with zero attached hydrogens (tertiary/aromatic N) is 2. The third kappa shape index (κ3) is 2.18. The Balaban J connectivity index is 2.45. The largest absolute Gasteiger partial charge is 0.287 e. The van der Waals surface area contributed by atoms with Gasteiger partial charge in [-0.15, -0.1) is 0 Å². The highest BCUT2D eigenvalue weighted by atomic mass is 79.9. The number of benzene rings is 1. The normalized spacial score (nSPS) is 10.4. The number of rotatable bonds is 2. The molecule has 0 aliphatic heterocycles. The molecule has 0 aliphatic carbocycles. The molecule has 0 radical (unpaired) electrons. The summed E-state index contributed by atoms with van der Waals surface area (Å²) >= 11 is 9.28. The second kappa shape index (κ2) is 4.39. The van der Waals surface area contributed by atoms with E-state index in [9.17, 15) is 4.79 Å². The lowest BCUT2D eigenvalue weighted by Gasteiger charge is -2.01. The van der Waals surface area contributed by atoms with E-state index in [4.69, 9.17) is 11.6 Å². The van der Waals surface area contributed by atoms with Gasteiger partial charge in [0.15, 0.2) is 0 Å². The van der Waals surface area contributed by atoms with Crippen LogP contribution in [0.1, 0.15) is 16.1 Å². The fraction of sp³-hybridized carbons (Fsp3) is 0.0909. The molecule has 0 atom stereocenters. The fourth-order valence-corrected chi connectivity index (χ4v) is 1.91. The molecule has 0 unspecified atom stereocenters. The van der Waals surface area contributed by atoms with Gasteiger partial charge in [-0.2, -0.15) is 5.10 Å². The molecule has 0 fully saturated rings. The van der Waals surface area contributed by atoms with Gasteiger partial charge in [0, 0.05) is 23.3 Å². The zero-order chi connectivity index (χ0) is 11.7. The second-order valence-corrected chi connectivity index (χ2v) is 4.65. The highest BCUT2D eigenvalue weighted by molar-refractivity contribution is 9.10. The van der Waals surface area contributed by atoms with E-state index < -0.39 is 0 Å². The van der Waals surface area contributed by atoms with Gasteiger partial charge in [0.05, 0.1) is 5.02 Å². The van der Waals surface area contributed by atoms with Gasteiger partial charge in [-0.25, -0.2) is 0 Å². The number of ketones is 1. The zero-order valence-electron chi connectivity index (χ0n) is 8.45. The van der Waals surface area contributed by atoms with Crippen LogP contribution < -0.4 is 0 Å². The van der Waals surface area contributed by atoms with Crippen LogP contribution in [-0.4, -0.2) is 15.6 Å². The Morgan fingerprint density at radius 3 is 2.81 bits per heavy atom. The van der Waals surface area contributed by atoms with Crippen LogP contribution in [-0.2, 0) is 7.05 Å². The van der Waals surface area contributed by atoms with E-state index in [-0.39, 0.29) is 5.78 Å². The molecule has 2 rings (SSSR count). The average molecular weight is 300 g/mol. The summed E-state index contributed by atoms with van der Waals surface area (Å²) in [6.45, 7) is 0. The Morgan fingerprint density at radius 2 is 2.19 bits per heavy atom. The standard InChI is InChI=1S/C11H8BrClN2O/c1-15-5-4-10(14-15)11(16)8-6-7(12)2-3-9(8)13/h2-6H,1H3. The smallest absolute Gasteiger partial charge is 0.214 e. The fourth-order valence-electron chi connectivity index (χ4n) is 1.35. The van der Waals surface area contributed by atoms with Crippen molar-refractivity contribution in [2.24, 2.45) is 7.05 Å². The lowest BCUT2D eigenvalue weighted by Crippen LogP contribution is -2.04. The Labute approximate surface area is 106 Å². The van der Waals surface area contributed by atoms with E-state index in [0.29, 0.717) is 16.3 Å². The van der Waals surface area contributed by atoms with Crippen molar-refractivity contribution in [3.05, 3.63) is 51.2 Å². The van der Waals surface area contributed by atoms with Crippen molar-refractivity contribution in [3.8, 4) is 0 Å². The number of hydrogen-bond acceptors (Lipinski definition) is 2. The van der Waals surface area contributed by atoms with Crippen molar-refractivity contribution in [3.63, 3.8) is 0 Å². The van der Waals surface area contributed by atoms with Crippen molar-refractivity contribution in [2.45, 2.75) is 0 Å². The molecule has 1 heterocycles. The van der Waals surface area contributed by atoms with Crippen molar-refractivity contribution in [1.29, 1.82) is 0 Å². The molecule has 0 N–H and O–H groups in total. The molecule has 82 valence electrons. The Morgan fingerprint density at radius 1 is 1.44 bits per heavy atom. The van der Waals surface area contributed by atoms with E-state index in [1.54, 1.807) is 42.2 Å². The van der Waals surface area contributed by atoms with Gasteiger partial charge in [-0.05, 0) is 24.3 Å². The summed E-state index contributed by atoms with van der Waals surface area (Å²) in [7, 11) is 1.76. The highest BCUT2D eigenvalue weighted by Gasteiger charge is 2.15. The number of carbonyl (C=O) groups excluding carboxylic acids is 1. The van der Waals surface area contributed by atoms with E-state index in [2.05, 4.69) is 21.0 Å². The quantitative estimate of drug-likeness (QED) is 0.799. The Bertz CT molecular complexity index is 551. The SMILES string of the molecule is Cn1ccc(C(=O)c2cc(Br)ccc2Cl)n1. The van der Waals surface area contributed by atoms with Gasteiger partial charge in [-0.3, -0.25) is 9.48 Å². The maximum absolute atomic E-state index is 12.1. The maximum atomic E-state index is 12.1. The molecule has 3 nitrogen and oxygen atoms in total. The lowest BCUT2D eigenvalue weighted by molar-refractivity contribution is 0.103. The first-order chi connectivity index (χ1) is 7.58. The molecule has 1 aromatic carbocycles. The number of aryl methyl sites for hydroxylation is 1. The second-order valence-electron chi connectivity index (χ2n) is 3.33. The van der Waals surface area contributed by atoms with Crippen LogP contribution >= 0.6 is 27.5 Å². The summed E-state index contributed by atoms with van der Waals surface area (Å²) in [6, 6.07) is 6.83. The van der Waals surface area contributed by atoms with Gasteiger partial charge in [0.2, 0.25) is 5.78 Å². The van der Waals surface area contributed by atoms with Crippen molar-refractivity contribution in [1.82, 2.24) is 9.78 Å². The lowest BCUT2D eigenvalue weighted by atomic mass is 10.1. The van der Waals surface area contributed by atoms with Gasteiger partial charge in [-0.1, -0.05) is 27.5 Å². The summed E-state index contributed by atoms with van der Waals surface area (Å²) in [6.07, 6.45) is 1.72. The molecular weight excluding hydrogens is 291 g/mol. The Kier molecular flexibility index (Phi) is 3.12. The van der Waals surface area contributed by atoms with Crippen LogP contribution in [0, 0.1) is 0 Å². The summed E-state index contributed by atoms with van der Waals surface area (Å²) < 4.78 is 2.40. The van der Waals surface area contributed by atoms with Crippen molar-refractivity contribution < 1.29 is 4.79 Å². The summed E-state index contributed by atoms with van der Waals surface area (Å²) in [5, 5.41) is 4.48. The van der Waals surface area contributed by atoms with Crippen LogP contribution in [0.5, 0.6) is 0 Å². The minimum Gasteiger partial charge on any atom is -0.287 e. The van der Waals surface area contributed by atoms with E-state index in [1.165, 1.54) is 0 Å². The molecule has 2 aromatic rings. The van der Waals surface area contributed by atoms with Gasteiger partial charge >= 0.3 is 0 Å². The zero-order valence-corrected chi connectivity index (χ0v) is 10.8. The summed E-state index contributed by atoms with van der Waals surface area (Å²) in [4.78, 5) is 12.1. The molecule has 0 amide bonds. The third-order valence-corrected chi connectivity index (χ3v) is 2.94. The number of halogens is 2. The van der Waals surface area contributed by atoms with Crippen molar-refractivity contribution in [2.75, 3.05) is 0 Å². The van der Waals surface area contributed by atoms with Crippen LogP contribution in [0.15, 0.2) is 34.9 Å². The molecule has 16 heavy (non-hydrogen) atoms. The van der Waals surface area contributed by atoms with Crippen molar-refractivity contribution >= 4 is 33.3 Å². The maximum Gasteiger partial charge on any atom is 0.214 e. The minimum atomic E-state index is -0.174. The number of carbonyl (C=O) groups is 1. The van der Waals surface area contributed by atoms with Gasteiger partial charge < -0.3 is 0 Å². The summed E-state index contributed by atoms with van der Waals surface area (Å²) in [5.74, 6) is -0.174. The average Bonchev–Trinajstić information content (AvgIpc) is 2.67. The topological polar surface area (TPSA) is 34.9 Å². The van der Waals surface area contributed by atoms with Crippen LogP contribution in [0.2, 0.25) is 5.02 Å². The van der Waals surface area contributed by atoms with E-state index in [1.807, 2.05) is 0 Å². The van der Waals surface area contributed by atoms with Crippen LogP contribution in [0.3, 0.4) is 0 Å². The van der Waals surface area contributed by atoms with Crippen LogP contribution in [0.25, 0.3) is 0 Å². The first-order valence-corrected chi connectivity index (χ1v) is 5.74. The van der Waals surface area contributed by atoms with E-state index >= 15 is 0 Å². The first kappa shape index (κ1) is 11.4. The highest BCUT2D eigenvalue weighted by Crippen LogP contribution is 2.23. The Hall–Kier alpha value is -1.13. The van der Waals surface area contributed by atoms with Crippen LogP contribution in [0.4, 0.5) is 0 Å². The third-order valence-electron chi connectivity index (χ3n) is 2.12. The molecule has 1 aromatic heterocycles. The molecule has 0 aliphatic rings. The minimum absolute atomic E-state index is 0.174. The predicted octanol–water partition coefficient (Wildman–Crippen LogP) is 3.07. The molecule has 0 saturated heterocycles. The molecular formula is C11H8BrClN2O. The monoisotopic (exact) mass is 298 g/mol. The molecule has 0 bridgehead atoms. The molecule has 0 spiro atoms. The first-order valence-electron chi connectivity index (χ1n) is 4.57. The predicted molar refractivity (Wildman–Crippen MR) is 65.8 cm³/mol. The molecule has 5 heteroatoms. The van der Waals surface area contributed by atoms with Gasteiger partial charge in [0.1, 0.15) is 5.69 Å². The molecule has 0 saturated carbocycles. The van der Waals surface area contributed by atoms with Gasteiger partial charge in [0.25, 0.3) is 0 Å². The number of aromatic nitrogens is 2.